The zero-order valence-electron chi connectivity index (χ0n) is 31.5. The van der Waals surface area contributed by atoms with Crippen molar-refractivity contribution in [3.8, 4) is 16.8 Å². The van der Waals surface area contributed by atoms with Gasteiger partial charge in [0, 0.05) is 71.1 Å². The van der Waals surface area contributed by atoms with Crippen molar-refractivity contribution in [1.82, 2.24) is 9.47 Å². The van der Waals surface area contributed by atoms with Crippen molar-refractivity contribution in [2.45, 2.75) is 6.17 Å². The Hall–Kier alpha value is -7.28. The number of hydrogen-bond donors (Lipinski definition) is 0. The Morgan fingerprint density at radius 3 is 1.91 bits per heavy atom. The van der Waals surface area contributed by atoms with Gasteiger partial charge in [-0.25, -0.2) is 9.98 Å². The Morgan fingerprint density at radius 2 is 1.16 bits per heavy atom. The van der Waals surface area contributed by atoms with E-state index in [0.717, 1.165) is 55.6 Å². The van der Waals surface area contributed by atoms with E-state index < -0.39 is 0 Å². The van der Waals surface area contributed by atoms with Crippen LogP contribution in [0.4, 0.5) is 0 Å². The molecule has 0 bridgehead atoms. The largest absolute Gasteiger partial charge is 0.456 e. The van der Waals surface area contributed by atoms with Gasteiger partial charge in [0.05, 0.1) is 11.0 Å². The van der Waals surface area contributed by atoms with Gasteiger partial charge in [0.1, 0.15) is 17.0 Å². The lowest BCUT2D eigenvalue weighted by atomic mass is 10.0. The average Bonchev–Trinajstić information content (AvgIpc) is 3.96. The maximum atomic E-state index is 6.84. The van der Waals surface area contributed by atoms with Crippen molar-refractivity contribution in [3.63, 3.8) is 0 Å². The van der Waals surface area contributed by atoms with Crippen LogP contribution < -0.4 is 0 Å². The first-order valence-corrected chi connectivity index (χ1v) is 20.4. The Bertz CT molecular complexity index is 3430. The molecular weight excluding hydrogens is 729 g/mol. The van der Waals surface area contributed by atoms with Crippen LogP contribution in [0, 0.1) is 0 Å². The highest BCUT2D eigenvalue weighted by molar-refractivity contribution is 7.25. The molecule has 4 heterocycles. The maximum absolute atomic E-state index is 6.84. The van der Waals surface area contributed by atoms with Gasteiger partial charge in [0.2, 0.25) is 0 Å². The molecule has 0 saturated heterocycles. The fourth-order valence-electron chi connectivity index (χ4n) is 8.87. The summed E-state index contributed by atoms with van der Waals surface area (Å²) < 4.78 is 11.8. The third kappa shape index (κ3) is 5.08. The Labute approximate surface area is 338 Å². The summed E-state index contributed by atoms with van der Waals surface area (Å²) in [5, 5.41) is 7.25. The van der Waals surface area contributed by atoms with Gasteiger partial charge in [-0.2, -0.15) is 0 Å². The summed E-state index contributed by atoms with van der Waals surface area (Å²) in [4.78, 5) is 12.5. The number of aromatic nitrogens is 1. The molecule has 1 aliphatic heterocycles. The third-order valence-corrected chi connectivity index (χ3v) is 12.8. The number of aliphatic imine (C=N–C) groups is 2. The van der Waals surface area contributed by atoms with Gasteiger partial charge >= 0.3 is 0 Å². The lowest BCUT2D eigenvalue weighted by Crippen LogP contribution is -2.35. The number of furan rings is 1. The van der Waals surface area contributed by atoms with Crippen molar-refractivity contribution >= 4 is 86.9 Å². The second-order valence-electron chi connectivity index (χ2n) is 15.0. The molecule has 0 aliphatic carbocycles. The van der Waals surface area contributed by atoms with Gasteiger partial charge in [-0.3, -0.25) is 0 Å². The number of fused-ring (bicyclic) bond motifs is 9. The molecule has 1 unspecified atom stereocenters. The Balaban J connectivity index is 0.937. The number of benzene rings is 8. The molecule has 0 amide bonds. The van der Waals surface area contributed by atoms with Gasteiger partial charge in [-0.1, -0.05) is 133 Å². The van der Waals surface area contributed by atoms with Gasteiger partial charge in [-0.05, 0) is 59.7 Å². The molecule has 0 radical (unpaired) electrons. The Kier molecular flexibility index (Phi) is 7.31. The second kappa shape index (κ2) is 12.9. The van der Waals surface area contributed by atoms with E-state index in [1.165, 1.54) is 47.7 Å². The second-order valence-corrected chi connectivity index (χ2v) is 16.1. The molecule has 1 aliphatic rings. The summed E-state index contributed by atoms with van der Waals surface area (Å²) in [5.74, 6) is 1.58. The summed E-state index contributed by atoms with van der Waals surface area (Å²) >= 11 is 1.85. The minimum atomic E-state index is -0.336. The average molecular weight is 763 g/mol. The maximum Gasteiger partial charge on any atom is 0.159 e. The lowest BCUT2D eigenvalue weighted by molar-refractivity contribution is 0.382. The van der Waals surface area contributed by atoms with Crippen LogP contribution in [-0.4, -0.2) is 28.2 Å². The molecule has 0 fully saturated rings. The highest BCUT2D eigenvalue weighted by Crippen LogP contribution is 2.42. The van der Waals surface area contributed by atoms with Crippen LogP contribution in [-0.2, 0) is 0 Å². The van der Waals surface area contributed by atoms with E-state index in [1.54, 1.807) is 0 Å². The summed E-state index contributed by atoms with van der Waals surface area (Å²) in [6.07, 6.45) is -0.336. The predicted molar refractivity (Wildman–Crippen MR) is 243 cm³/mol. The molecule has 0 spiro atoms. The molecule has 8 aromatic carbocycles. The molecule has 274 valence electrons. The van der Waals surface area contributed by atoms with E-state index in [1.807, 2.05) is 35.6 Å². The van der Waals surface area contributed by atoms with Crippen LogP contribution >= 0.6 is 11.3 Å². The molecule has 12 rings (SSSR count). The number of rotatable bonds is 5. The monoisotopic (exact) mass is 762 g/mol. The standard InChI is InChI=1S/C52H34N4OS/c1-55-51(33-15-6-3-7-16-33)53-50(32-13-4-2-5-14-32)54-52(55)42-20-12-19-41-39-26-23-34(29-46(39)57-49(41)42)35-24-27-40-43-31-36(25-28-47(43)58-48(40)30-35)56-44-21-10-8-17-37(44)38-18-9-11-22-45(38)56/h2-31,52H,1H3. The van der Waals surface area contributed by atoms with Gasteiger partial charge in [0.15, 0.2) is 12.0 Å². The summed E-state index contributed by atoms with van der Waals surface area (Å²) in [6, 6.07) is 64.7. The third-order valence-electron chi connectivity index (χ3n) is 11.7. The van der Waals surface area contributed by atoms with Crippen molar-refractivity contribution in [2.24, 2.45) is 9.98 Å². The van der Waals surface area contributed by atoms with E-state index in [-0.39, 0.29) is 6.17 Å². The number of hydrogen-bond acceptors (Lipinski definition) is 5. The van der Waals surface area contributed by atoms with E-state index >= 15 is 0 Å². The van der Waals surface area contributed by atoms with Crippen LogP contribution in [0.25, 0.3) is 80.7 Å². The smallest absolute Gasteiger partial charge is 0.159 e. The van der Waals surface area contributed by atoms with E-state index in [0.29, 0.717) is 5.84 Å². The molecular formula is C52H34N4OS. The van der Waals surface area contributed by atoms with Crippen molar-refractivity contribution < 1.29 is 4.42 Å². The first-order chi connectivity index (χ1) is 28.7. The van der Waals surface area contributed by atoms with Crippen LogP contribution in [0.2, 0.25) is 0 Å². The summed E-state index contributed by atoms with van der Waals surface area (Å²) in [6.45, 7) is 0. The summed E-state index contributed by atoms with van der Waals surface area (Å²) in [5.41, 5.74) is 10.6. The van der Waals surface area contributed by atoms with Crippen LogP contribution in [0.3, 0.4) is 0 Å². The fraction of sp³-hybridized carbons (Fsp3) is 0.0385. The molecule has 58 heavy (non-hydrogen) atoms. The van der Waals surface area contributed by atoms with Gasteiger partial charge in [-0.15, -0.1) is 11.3 Å². The van der Waals surface area contributed by atoms with E-state index in [4.69, 9.17) is 14.4 Å². The fourth-order valence-corrected chi connectivity index (χ4v) is 10.00. The first kappa shape index (κ1) is 32.9. The molecule has 11 aromatic rings. The zero-order valence-corrected chi connectivity index (χ0v) is 32.3. The highest BCUT2D eigenvalue weighted by atomic mass is 32.1. The minimum absolute atomic E-state index is 0.336. The zero-order chi connectivity index (χ0) is 38.3. The van der Waals surface area contributed by atoms with E-state index in [9.17, 15) is 0 Å². The molecule has 5 nitrogen and oxygen atoms in total. The summed E-state index contributed by atoms with van der Waals surface area (Å²) in [7, 11) is 2.07. The topological polar surface area (TPSA) is 46.0 Å². The highest BCUT2D eigenvalue weighted by Gasteiger charge is 2.29. The first-order valence-electron chi connectivity index (χ1n) is 19.6. The van der Waals surface area contributed by atoms with Crippen molar-refractivity contribution in [2.75, 3.05) is 7.05 Å². The molecule has 6 heteroatoms. The van der Waals surface area contributed by atoms with Crippen molar-refractivity contribution in [3.05, 3.63) is 199 Å². The van der Waals surface area contributed by atoms with Crippen molar-refractivity contribution in [1.29, 1.82) is 0 Å². The molecule has 3 aromatic heterocycles. The van der Waals surface area contributed by atoms with Crippen LogP contribution in [0.1, 0.15) is 22.9 Å². The van der Waals surface area contributed by atoms with Crippen LogP contribution in [0.15, 0.2) is 196 Å². The van der Waals surface area contributed by atoms with Gasteiger partial charge in [0.25, 0.3) is 0 Å². The normalized spacial score (nSPS) is 14.6. The number of thiophene rings is 1. The molecule has 0 N–H and O–H groups in total. The molecule has 1 atom stereocenters. The van der Waals surface area contributed by atoms with E-state index in [2.05, 4.69) is 174 Å². The number of para-hydroxylation sites is 3. The quantitative estimate of drug-likeness (QED) is 0.175. The lowest BCUT2D eigenvalue weighted by Gasteiger charge is -2.32. The minimum Gasteiger partial charge on any atom is -0.456 e. The number of nitrogens with zero attached hydrogens (tertiary/aromatic N) is 4. The Morgan fingerprint density at radius 1 is 0.500 bits per heavy atom. The molecule has 0 saturated carbocycles. The SMILES string of the molecule is CN1C(c2ccccc2)=NC(c2ccccc2)=NC1c1cccc2c1oc1cc(-c3ccc4c(c3)sc3ccc(-n5c6ccccc6c6ccccc65)cc34)ccc12. The van der Waals surface area contributed by atoms with Crippen LogP contribution in [0.5, 0.6) is 0 Å². The number of amidine groups is 2. The predicted octanol–water partition coefficient (Wildman–Crippen LogP) is 13.6. The van der Waals surface area contributed by atoms with Gasteiger partial charge < -0.3 is 13.9 Å².